The van der Waals surface area contributed by atoms with Gasteiger partial charge in [0.05, 0.1) is 0 Å². The summed E-state index contributed by atoms with van der Waals surface area (Å²) in [4.78, 5) is 0. The van der Waals surface area contributed by atoms with Gasteiger partial charge in [0.15, 0.2) is 0 Å². The Kier molecular flexibility index (Phi) is 6.46. The maximum atomic E-state index is 2.47. The maximum absolute atomic E-state index is 2.47. The molecule has 0 unspecified atom stereocenters. The molecule has 0 aromatic heterocycles. The molecule has 256 valence electrons. The Balaban J connectivity index is 1.04. The second-order valence-electron chi connectivity index (χ2n) is 16.4. The van der Waals surface area contributed by atoms with Crippen LogP contribution in [0.5, 0.6) is 0 Å². The summed E-state index contributed by atoms with van der Waals surface area (Å²) in [5, 5.41) is 7.79. The van der Waals surface area contributed by atoms with Crippen LogP contribution in [0.1, 0.15) is 49.9 Å². The topological polar surface area (TPSA) is 0 Å². The average Bonchev–Trinajstić information content (AvgIpc) is 3.59. The van der Waals surface area contributed by atoms with Gasteiger partial charge in [-0.25, -0.2) is 0 Å². The van der Waals surface area contributed by atoms with Crippen LogP contribution in [-0.4, -0.2) is 0 Å². The molecule has 0 saturated carbocycles. The minimum Gasteiger partial charge on any atom is -0.0619 e. The standard InChI is InChI=1S/C54H40/c1-53(2)46-20-12-11-15-39(46)40-28-26-37(32-48(40)53)51-43-18-9-7-16-41(43)50(42-17-8-10-19-44(42)51)35-23-21-33(22-24-35)36-25-29-45-49(31-36)54(3,4)47-30-27-34-13-5-6-14-38(34)52(45)47/h5-32H,1-4H3. The quantitative estimate of drug-likeness (QED) is 0.162. The minimum atomic E-state index is -0.0667. The summed E-state index contributed by atoms with van der Waals surface area (Å²) in [6.07, 6.45) is 0. The second kappa shape index (κ2) is 11.1. The first kappa shape index (κ1) is 31.3. The van der Waals surface area contributed by atoms with E-state index in [1.54, 1.807) is 0 Å². The van der Waals surface area contributed by atoms with Gasteiger partial charge >= 0.3 is 0 Å². The summed E-state index contributed by atoms with van der Waals surface area (Å²) in [7, 11) is 0. The van der Waals surface area contributed by atoms with Crippen molar-refractivity contribution in [2.24, 2.45) is 0 Å². The maximum Gasteiger partial charge on any atom is 0.0159 e. The van der Waals surface area contributed by atoms with Crippen LogP contribution in [0, 0.1) is 0 Å². The van der Waals surface area contributed by atoms with Crippen molar-refractivity contribution in [1.29, 1.82) is 0 Å². The van der Waals surface area contributed by atoms with Gasteiger partial charge in [0.2, 0.25) is 0 Å². The van der Waals surface area contributed by atoms with E-state index in [4.69, 9.17) is 0 Å². The highest BCUT2D eigenvalue weighted by molar-refractivity contribution is 6.21. The van der Waals surface area contributed by atoms with E-state index in [9.17, 15) is 0 Å². The number of fused-ring (bicyclic) bond motifs is 10. The summed E-state index contributed by atoms with van der Waals surface area (Å²) in [6.45, 7) is 9.49. The highest BCUT2D eigenvalue weighted by Gasteiger charge is 2.37. The molecule has 0 aliphatic heterocycles. The Morgan fingerprint density at radius 2 is 0.741 bits per heavy atom. The van der Waals surface area contributed by atoms with Crippen LogP contribution in [0.15, 0.2) is 170 Å². The van der Waals surface area contributed by atoms with E-state index in [-0.39, 0.29) is 10.8 Å². The molecule has 0 fully saturated rings. The number of rotatable bonds is 3. The molecule has 2 aliphatic rings. The van der Waals surface area contributed by atoms with E-state index in [0.717, 1.165) is 0 Å². The Morgan fingerprint density at radius 3 is 1.44 bits per heavy atom. The molecule has 2 aliphatic carbocycles. The Morgan fingerprint density at radius 1 is 0.278 bits per heavy atom. The van der Waals surface area contributed by atoms with E-state index in [2.05, 4.69) is 198 Å². The molecule has 0 nitrogen and oxygen atoms in total. The van der Waals surface area contributed by atoms with Crippen molar-refractivity contribution in [3.8, 4) is 55.6 Å². The summed E-state index contributed by atoms with van der Waals surface area (Å²) in [5.41, 5.74) is 18.6. The lowest BCUT2D eigenvalue weighted by Crippen LogP contribution is -2.15. The smallest absolute Gasteiger partial charge is 0.0159 e. The molecule has 54 heavy (non-hydrogen) atoms. The van der Waals surface area contributed by atoms with Crippen molar-refractivity contribution in [3.05, 3.63) is 192 Å². The third-order valence-electron chi connectivity index (χ3n) is 12.9. The average molecular weight is 689 g/mol. The zero-order valence-electron chi connectivity index (χ0n) is 31.2. The molecule has 0 heteroatoms. The van der Waals surface area contributed by atoms with Crippen molar-refractivity contribution in [2.75, 3.05) is 0 Å². The van der Waals surface area contributed by atoms with Crippen molar-refractivity contribution in [3.63, 3.8) is 0 Å². The van der Waals surface area contributed by atoms with Crippen molar-refractivity contribution in [2.45, 2.75) is 38.5 Å². The van der Waals surface area contributed by atoms with E-state index in [1.165, 1.54) is 110 Å². The van der Waals surface area contributed by atoms with Crippen LogP contribution in [0.2, 0.25) is 0 Å². The Labute approximate surface area is 317 Å². The van der Waals surface area contributed by atoms with E-state index in [1.807, 2.05) is 0 Å². The fourth-order valence-corrected chi connectivity index (χ4v) is 10.1. The first-order chi connectivity index (χ1) is 26.3. The summed E-state index contributed by atoms with van der Waals surface area (Å²) in [5.74, 6) is 0. The largest absolute Gasteiger partial charge is 0.0619 e. The van der Waals surface area contributed by atoms with Crippen LogP contribution in [0.3, 0.4) is 0 Å². The lowest BCUT2D eigenvalue weighted by Gasteiger charge is -2.23. The van der Waals surface area contributed by atoms with Gasteiger partial charge in [-0.15, -0.1) is 0 Å². The zero-order chi connectivity index (χ0) is 36.3. The molecule has 0 N–H and O–H groups in total. The molecule has 0 radical (unpaired) electrons. The number of benzene rings is 9. The monoisotopic (exact) mass is 688 g/mol. The summed E-state index contributed by atoms with van der Waals surface area (Å²) in [6, 6.07) is 63.9. The molecule has 0 spiro atoms. The fourth-order valence-electron chi connectivity index (χ4n) is 10.1. The zero-order valence-corrected chi connectivity index (χ0v) is 31.2. The van der Waals surface area contributed by atoms with E-state index in [0.29, 0.717) is 0 Å². The van der Waals surface area contributed by atoms with Gasteiger partial charge in [-0.3, -0.25) is 0 Å². The number of hydrogen-bond acceptors (Lipinski definition) is 0. The van der Waals surface area contributed by atoms with Crippen LogP contribution < -0.4 is 0 Å². The SMILES string of the molecule is CC1(C)c2ccccc2-c2ccc(-c3c4ccccc4c(-c4ccc(-c5ccc6c(c5)C(C)(C)c5ccc7ccccc7c5-6)cc4)c4ccccc34)cc21. The minimum absolute atomic E-state index is 0.0534. The predicted molar refractivity (Wildman–Crippen MR) is 230 cm³/mol. The van der Waals surface area contributed by atoms with Crippen LogP contribution in [0.25, 0.3) is 88.0 Å². The molecular weight excluding hydrogens is 649 g/mol. The molecule has 0 bridgehead atoms. The third-order valence-corrected chi connectivity index (χ3v) is 12.9. The van der Waals surface area contributed by atoms with Gasteiger partial charge < -0.3 is 0 Å². The normalized spacial score (nSPS) is 14.6. The molecule has 0 atom stereocenters. The van der Waals surface area contributed by atoms with E-state index >= 15 is 0 Å². The molecule has 0 saturated heterocycles. The number of hydrogen-bond donors (Lipinski definition) is 0. The first-order valence-corrected chi connectivity index (χ1v) is 19.3. The molecule has 9 aromatic rings. The first-order valence-electron chi connectivity index (χ1n) is 19.3. The predicted octanol–water partition coefficient (Wildman–Crippen LogP) is 14.8. The lowest BCUT2D eigenvalue weighted by atomic mass is 9.80. The van der Waals surface area contributed by atoms with Gasteiger partial charge in [-0.05, 0) is 122 Å². The van der Waals surface area contributed by atoms with Gasteiger partial charge in [0.25, 0.3) is 0 Å². The third kappa shape index (κ3) is 4.26. The second-order valence-corrected chi connectivity index (χ2v) is 16.4. The fraction of sp³-hybridized carbons (Fsp3) is 0.111. The highest BCUT2D eigenvalue weighted by atomic mass is 14.4. The van der Waals surface area contributed by atoms with Gasteiger partial charge in [-0.1, -0.05) is 185 Å². The van der Waals surface area contributed by atoms with Gasteiger partial charge in [0, 0.05) is 10.8 Å². The molecule has 9 aromatic carbocycles. The van der Waals surface area contributed by atoms with Gasteiger partial charge in [0.1, 0.15) is 0 Å². The molecule has 0 heterocycles. The van der Waals surface area contributed by atoms with Crippen molar-refractivity contribution >= 4 is 32.3 Å². The summed E-state index contributed by atoms with van der Waals surface area (Å²) >= 11 is 0. The van der Waals surface area contributed by atoms with Crippen LogP contribution in [0.4, 0.5) is 0 Å². The van der Waals surface area contributed by atoms with Crippen molar-refractivity contribution in [1.82, 2.24) is 0 Å². The van der Waals surface area contributed by atoms with Crippen molar-refractivity contribution < 1.29 is 0 Å². The molecular formula is C54H40. The molecule has 11 rings (SSSR count). The lowest BCUT2D eigenvalue weighted by molar-refractivity contribution is 0.660. The Hall–Kier alpha value is -6.24. The van der Waals surface area contributed by atoms with E-state index < -0.39 is 0 Å². The van der Waals surface area contributed by atoms with Crippen LogP contribution >= 0.6 is 0 Å². The van der Waals surface area contributed by atoms with Crippen LogP contribution in [-0.2, 0) is 10.8 Å². The summed E-state index contributed by atoms with van der Waals surface area (Å²) < 4.78 is 0. The highest BCUT2D eigenvalue weighted by Crippen LogP contribution is 2.53. The molecule has 0 amide bonds. The van der Waals surface area contributed by atoms with Gasteiger partial charge in [-0.2, -0.15) is 0 Å². The Bertz CT molecular complexity index is 2970.